The van der Waals surface area contributed by atoms with Gasteiger partial charge in [-0.1, -0.05) is 35.5 Å². The Labute approximate surface area is 170 Å². The average Bonchev–Trinajstić information content (AvgIpc) is 3.18. The largest absolute Gasteiger partial charge is 0.369 e. The van der Waals surface area contributed by atoms with Crippen LogP contribution in [0.1, 0.15) is 21.6 Å². The van der Waals surface area contributed by atoms with Crippen LogP contribution in [-0.2, 0) is 6.54 Å². The van der Waals surface area contributed by atoms with Crippen molar-refractivity contribution in [2.75, 3.05) is 43.4 Å². The van der Waals surface area contributed by atoms with Crippen molar-refractivity contribution in [2.45, 2.75) is 13.5 Å². The van der Waals surface area contributed by atoms with E-state index in [0.29, 0.717) is 12.2 Å². The molecule has 1 aromatic heterocycles. The van der Waals surface area contributed by atoms with Gasteiger partial charge in [-0.2, -0.15) is 0 Å². The van der Waals surface area contributed by atoms with Gasteiger partial charge in [-0.3, -0.25) is 4.79 Å². The molecule has 0 radical (unpaired) electrons. The maximum atomic E-state index is 12.6. The molecule has 0 saturated carbocycles. The van der Waals surface area contributed by atoms with Crippen molar-refractivity contribution in [3.63, 3.8) is 0 Å². The topological polar surface area (TPSA) is 66.3 Å². The number of likely N-dealkylation sites (N-methyl/N-ethyl adjacent to an activating group) is 1. The first-order chi connectivity index (χ1) is 14.1. The summed E-state index contributed by atoms with van der Waals surface area (Å²) in [5.41, 5.74) is 4.56. The maximum Gasteiger partial charge on any atom is 0.277 e. The molecule has 0 aliphatic carbocycles. The second-order valence-electron chi connectivity index (χ2n) is 7.53. The molecular weight excluding hydrogens is 364 g/mol. The molecule has 150 valence electrons. The lowest BCUT2D eigenvalue weighted by Gasteiger charge is -2.35. The predicted molar refractivity (Wildman–Crippen MR) is 114 cm³/mol. The van der Waals surface area contributed by atoms with E-state index in [2.05, 4.69) is 45.5 Å². The maximum absolute atomic E-state index is 12.6. The van der Waals surface area contributed by atoms with Gasteiger partial charge in [-0.05, 0) is 43.3 Å². The molecule has 1 aliphatic rings. The van der Waals surface area contributed by atoms with E-state index in [1.54, 1.807) is 10.9 Å². The van der Waals surface area contributed by atoms with Gasteiger partial charge < -0.3 is 15.1 Å². The monoisotopic (exact) mass is 390 g/mol. The number of aromatic nitrogens is 3. The number of hydrogen-bond acceptors (Lipinski definition) is 5. The van der Waals surface area contributed by atoms with E-state index in [4.69, 9.17) is 0 Å². The fourth-order valence-electron chi connectivity index (χ4n) is 3.58. The molecule has 0 bridgehead atoms. The first kappa shape index (κ1) is 19.1. The number of amides is 1. The van der Waals surface area contributed by atoms with Gasteiger partial charge in [0.15, 0.2) is 5.69 Å². The molecule has 1 fully saturated rings. The number of aryl methyl sites for hydroxylation is 1. The molecule has 29 heavy (non-hydrogen) atoms. The number of nitrogens with one attached hydrogen (secondary N) is 1. The molecule has 1 N–H and O–H groups in total. The van der Waals surface area contributed by atoms with E-state index in [-0.39, 0.29) is 5.91 Å². The molecule has 1 saturated heterocycles. The molecule has 3 aromatic rings. The highest BCUT2D eigenvalue weighted by molar-refractivity contribution is 6.02. The van der Waals surface area contributed by atoms with Crippen molar-refractivity contribution < 1.29 is 4.79 Å². The van der Waals surface area contributed by atoms with Crippen LogP contribution in [0, 0.1) is 6.92 Å². The second-order valence-corrected chi connectivity index (χ2v) is 7.53. The minimum Gasteiger partial charge on any atom is -0.369 e. The molecular formula is C22H26N6O. The Morgan fingerprint density at radius 2 is 1.83 bits per heavy atom. The number of carbonyl (C=O) groups is 1. The summed E-state index contributed by atoms with van der Waals surface area (Å²) in [5, 5.41) is 11.0. The molecule has 7 heteroatoms. The van der Waals surface area contributed by atoms with Crippen LogP contribution in [0.25, 0.3) is 0 Å². The number of piperazine rings is 1. The van der Waals surface area contributed by atoms with Crippen molar-refractivity contribution >= 4 is 17.3 Å². The number of nitrogens with zero attached hydrogens (tertiary/aromatic N) is 5. The Hall–Kier alpha value is -3.19. The van der Waals surface area contributed by atoms with Crippen LogP contribution in [0.2, 0.25) is 0 Å². The Bertz CT molecular complexity index is 976. The summed E-state index contributed by atoms with van der Waals surface area (Å²) in [6.45, 7) is 6.84. The zero-order valence-electron chi connectivity index (χ0n) is 16.9. The van der Waals surface area contributed by atoms with Crippen molar-refractivity contribution in [3.05, 3.63) is 71.5 Å². The van der Waals surface area contributed by atoms with Crippen LogP contribution in [0.5, 0.6) is 0 Å². The third kappa shape index (κ3) is 4.63. The molecule has 1 amide bonds. The SMILES string of the molecule is Cc1cc(NC(=O)c2cn(Cc3ccccc3)nn2)ccc1N1CCN(C)CC1. The van der Waals surface area contributed by atoms with Gasteiger partial charge in [-0.15, -0.1) is 5.10 Å². The lowest BCUT2D eigenvalue weighted by atomic mass is 10.1. The highest BCUT2D eigenvalue weighted by Crippen LogP contribution is 2.24. The normalized spacial score (nSPS) is 14.8. The number of hydrogen-bond donors (Lipinski definition) is 1. The van der Waals surface area contributed by atoms with Gasteiger partial charge in [0.05, 0.1) is 12.7 Å². The average molecular weight is 390 g/mol. The summed E-state index contributed by atoms with van der Waals surface area (Å²) in [7, 11) is 2.15. The second kappa shape index (κ2) is 8.45. The molecule has 1 aliphatic heterocycles. The van der Waals surface area contributed by atoms with E-state index >= 15 is 0 Å². The molecule has 0 spiro atoms. The molecule has 0 atom stereocenters. The molecule has 0 unspecified atom stereocenters. The minimum atomic E-state index is -0.254. The summed E-state index contributed by atoms with van der Waals surface area (Å²) < 4.78 is 1.67. The van der Waals surface area contributed by atoms with Gasteiger partial charge in [0.2, 0.25) is 0 Å². The fourth-order valence-corrected chi connectivity index (χ4v) is 3.58. The Morgan fingerprint density at radius 3 is 2.55 bits per heavy atom. The highest BCUT2D eigenvalue weighted by Gasteiger charge is 2.17. The van der Waals surface area contributed by atoms with Gasteiger partial charge in [0.1, 0.15) is 0 Å². The van der Waals surface area contributed by atoms with Crippen LogP contribution in [0.15, 0.2) is 54.7 Å². The third-order valence-corrected chi connectivity index (χ3v) is 5.26. The van der Waals surface area contributed by atoms with Crippen LogP contribution in [-0.4, -0.2) is 59.0 Å². The summed E-state index contributed by atoms with van der Waals surface area (Å²) in [5.74, 6) is -0.254. The molecule has 7 nitrogen and oxygen atoms in total. The fraction of sp³-hybridized carbons (Fsp3) is 0.318. The number of carbonyl (C=O) groups excluding carboxylic acids is 1. The van der Waals surface area contributed by atoms with Crippen LogP contribution >= 0.6 is 0 Å². The quantitative estimate of drug-likeness (QED) is 0.726. The highest BCUT2D eigenvalue weighted by atomic mass is 16.2. The zero-order valence-corrected chi connectivity index (χ0v) is 16.9. The van der Waals surface area contributed by atoms with Crippen LogP contribution in [0.4, 0.5) is 11.4 Å². The van der Waals surface area contributed by atoms with Gasteiger partial charge in [-0.25, -0.2) is 4.68 Å². The molecule has 4 rings (SSSR count). The van der Waals surface area contributed by atoms with E-state index in [1.807, 2.05) is 42.5 Å². The van der Waals surface area contributed by atoms with E-state index in [9.17, 15) is 4.79 Å². The van der Waals surface area contributed by atoms with Gasteiger partial charge in [0.25, 0.3) is 5.91 Å². The smallest absolute Gasteiger partial charge is 0.277 e. The van der Waals surface area contributed by atoms with Gasteiger partial charge >= 0.3 is 0 Å². The predicted octanol–water partition coefficient (Wildman–Crippen LogP) is 2.64. The van der Waals surface area contributed by atoms with Crippen LogP contribution in [0.3, 0.4) is 0 Å². The lowest BCUT2D eigenvalue weighted by Crippen LogP contribution is -2.44. The Morgan fingerprint density at radius 1 is 1.07 bits per heavy atom. The summed E-state index contributed by atoms with van der Waals surface area (Å²) >= 11 is 0. The standard InChI is InChI=1S/C22H26N6O/c1-17-14-19(8-9-21(17)27-12-10-26(2)11-13-27)23-22(29)20-16-28(25-24-20)15-18-6-4-3-5-7-18/h3-9,14,16H,10-13,15H2,1-2H3,(H,23,29). The zero-order chi connectivity index (χ0) is 20.2. The van der Waals surface area contributed by atoms with Crippen LogP contribution < -0.4 is 10.2 Å². The number of benzene rings is 2. The van der Waals surface area contributed by atoms with Gasteiger partial charge in [0, 0.05) is 37.6 Å². The first-order valence-corrected chi connectivity index (χ1v) is 9.88. The Balaban J connectivity index is 1.40. The van der Waals surface area contributed by atoms with E-state index in [1.165, 1.54) is 5.69 Å². The molecule has 2 heterocycles. The first-order valence-electron chi connectivity index (χ1n) is 9.88. The van der Waals surface area contributed by atoms with Crippen molar-refractivity contribution in [1.29, 1.82) is 0 Å². The van der Waals surface area contributed by atoms with E-state index < -0.39 is 0 Å². The summed E-state index contributed by atoms with van der Waals surface area (Å²) in [6, 6.07) is 16.0. The number of rotatable bonds is 5. The minimum absolute atomic E-state index is 0.254. The van der Waals surface area contributed by atoms with Crippen molar-refractivity contribution in [3.8, 4) is 0 Å². The van der Waals surface area contributed by atoms with Crippen molar-refractivity contribution in [2.24, 2.45) is 0 Å². The lowest BCUT2D eigenvalue weighted by molar-refractivity contribution is 0.102. The molecule has 2 aromatic carbocycles. The number of anilines is 2. The Kier molecular flexibility index (Phi) is 5.57. The van der Waals surface area contributed by atoms with Crippen molar-refractivity contribution in [1.82, 2.24) is 19.9 Å². The summed E-state index contributed by atoms with van der Waals surface area (Å²) in [4.78, 5) is 17.3. The van der Waals surface area contributed by atoms with E-state index in [0.717, 1.165) is 43.0 Å². The summed E-state index contributed by atoms with van der Waals surface area (Å²) in [6.07, 6.45) is 1.67. The third-order valence-electron chi connectivity index (χ3n) is 5.26.